The quantitative estimate of drug-likeness (QED) is 0.768. The van der Waals surface area contributed by atoms with E-state index in [0.717, 1.165) is 17.7 Å². The van der Waals surface area contributed by atoms with E-state index in [2.05, 4.69) is 67.5 Å². The summed E-state index contributed by atoms with van der Waals surface area (Å²) in [5.74, 6) is 0. The third-order valence-corrected chi connectivity index (χ3v) is 3.66. The van der Waals surface area contributed by atoms with E-state index in [4.69, 9.17) is 5.73 Å². The van der Waals surface area contributed by atoms with Gasteiger partial charge in [-0.05, 0) is 30.8 Å². The highest BCUT2D eigenvalue weighted by molar-refractivity contribution is 5.30. The molecule has 124 valence electrons. The first-order chi connectivity index (χ1) is 11.7. The molecule has 0 heterocycles. The van der Waals surface area contributed by atoms with Gasteiger partial charge in [0.15, 0.2) is 0 Å². The summed E-state index contributed by atoms with van der Waals surface area (Å²) in [6.45, 7) is 1.03. The second-order valence-electron chi connectivity index (χ2n) is 6.02. The molecule has 0 bridgehead atoms. The van der Waals surface area contributed by atoms with E-state index in [0.29, 0.717) is 0 Å². The lowest BCUT2D eigenvalue weighted by Gasteiger charge is -2.11. The van der Waals surface area contributed by atoms with Crippen molar-refractivity contribution in [1.82, 2.24) is 4.90 Å². The van der Waals surface area contributed by atoms with Crippen LogP contribution >= 0.6 is 0 Å². The molecule has 24 heavy (non-hydrogen) atoms. The van der Waals surface area contributed by atoms with Crippen LogP contribution in [0.15, 0.2) is 91.0 Å². The van der Waals surface area contributed by atoms with Crippen molar-refractivity contribution in [2.45, 2.75) is 12.6 Å². The number of hydrogen-bond donors (Lipinski definition) is 1. The van der Waals surface area contributed by atoms with Crippen molar-refractivity contribution in [3.8, 4) is 0 Å². The van der Waals surface area contributed by atoms with Gasteiger partial charge in [-0.2, -0.15) is 0 Å². The lowest BCUT2D eigenvalue weighted by molar-refractivity contribution is 0.402. The molecule has 0 saturated carbocycles. The summed E-state index contributed by atoms with van der Waals surface area (Å²) in [5, 5.41) is 0. The molecule has 0 aromatic heterocycles. The SMILES string of the molecule is CN(C)Cc1ccccc1.NC(c1ccccc1)c1ccccc1. The molecular weight excluding hydrogens is 292 g/mol. The Balaban J connectivity index is 0.000000185. The minimum Gasteiger partial charge on any atom is -0.320 e. The van der Waals surface area contributed by atoms with E-state index < -0.39 is 0 Å². The Morgan fingerprint density at radius 1 is 0.667 bits per heavy atom. The highest BCUT2D eigenvalue weighted by atomic mass is 15.0. The number of benzene rings is 3. The van der Waals surface area contributed by atoms with Crippen LogP contribution in [0.3, 0.4) is 0 Å². The van der Waals surface area contributed by atoms with Gasteiger partial charge in [0.05, 0.1) is 6.04 Å². The van der Waals surface area contributed by atoms with Crippen molar-refractivity contribution >= 4 is 0 Å². The normalized spacial score (nSPS) is 10.4. The fourth-order valence-corrected chi connectivity index (χ4v) is 2.46. The molecule has 0 aliphatic rings. The Morgan fingerprint density at radius 3 is 1.42 bits per heavy atom. The Hall–Kier alpha value is -2.42. The van der Waals surface area contributed by atoms with Crippen molar-refractivity contribution < 1.29 is 0 Å². The monoisotopic (exact) mass is 318 g/mol. The minimum atomic E-state index is -0.0163. The van der Waals surface area contributed by atoms with Crippen LogP contribution in [-0.4, -0.2) is 19.0 Å². The van der Waals surface area contributed by atoms with E-state index in [1.807, 2.05) is 42.5 Å². The maximum atomic E-state index is 6.12. The van der Waals surface area contributed by atoms with Gasteiger partial charge in [-0.1, -0.05) is 91.0 Å². The van der Waals surface area contributed by atoms with Gasteiger partial charge in [-0.15, -0.1) is 0 Å². The summed E-state index contributed by atoms with van der Waals surface area (Å²) in [6, 6.07) is 30.7. The molecule has 0 aliphatic heterocycles. The fraction of sp³-hybridized carbons (Fsp3) is 0.182. The molecule has 0 aliphatic carbocycles. The average Bonchev–Trinajstić information content (AvgIpc) is 2.63. The Bertz CT molecular complexity index is 639. The highest BCUT2D eigenvalue weighted by Gasteiger charge is 2.06. The molecule has 0 saturated heterocycles. The van der Waals surface area contributed by atoms with Crippen molar-refractivity contribution in [1.29, 1.82) is 0 Å². The molecule has 2 heteroatoms. The van der Waals surface area contributed by atoms with Gasteiger partial charge in [-0.3, -0.25) is 0 Å². The first-order valence-electron chi connectivity index (χ1n) is 8.21. The molecule has 0 unspecified atom stereocenters. The van der Waals surface area contributed by atoms with E-state index in [1.54, 1.807) is 0 Å². The Kier molecular flexibility index (Phi) is 7.21. The van der Waals surface area contributed by atoms with E-state index >= 15 is 0 Å². The number of nitrogens with two attached hydrogens (primary N) is 1. The minimum absolute atomic E-state index is 0.0163. The summed E-state index contributed by atoms with van der Waals surface area (Å²) in [4.78, 5) is 2.16. The van der Waals surface area contributed by atoms with E-state index in [-0.39, 0.29) is 6.04 Å². The maximum Gasteiger partial charge on any atom is 0.0551 e. The van der Waals surface area contributed by atoms with Crippen molar-refractivity contribution in [3.63, 3.8) is 0 Å². The van der Waals surface area contributed by atoms with Crippen molar-refractivity contribution in [2.24, 2.45) is 5.73 Å². The third kappa shape index (κ3) is 5.99. The second-order valence-corrected chi connectivity index (χ2v) is 6.02. The maximum absolute atomic E-state index is 6.12. The molecule has 2 N–H and O–H groups in total. The van der Waals surface area contributed by atoms with E-state index in [1.165, 1.54) is 5.56 Å². The van der Waals surface area contributed by atoms with Crippen LogP contribution in [0.25, 0.3) is 0 Å². The van der Waals surface area contributed by atoms with Gasteiger partial charge >= 0.3 is 0 Å². The smallest absolute Gasteiger partial charge is 0.0551 e. The van der Waals surface area contributed by atoms with Crippen LogP contribution in [0.5, 0.6) is 0 Å². The van der Waals surface area contributed by atoms with Crippen molar-refractivity contribution in [3.05, 3.63) is 108 Å². The molecule has 0 atom stereocenters. The van der Waals surface area contributed by atoms with Gasteiger partial charge in [0, 0.05) is 6.54 Å². The first kappa shape index (κ1) is 17.9. The van der Waals surface area contributed by atoms with Crippen molar-refractivity contribution in [2.75, 3.05) is 14.1 Å². The van der Waals surface area contributed by atoms with Crippen LogP contribution in [0.2, 0.25) is 0 Å². The first-order valence-corrected chi connectivity index (χ1v) is 8.21. The largest absolute Gasteiger partial charge is 0.320 e. The molecular formula is C22H26N2. The third-order valence-electron chi connectivity index (χ3n) is 3.66. The molecule has 0 spiro atoms. The molecule has 0 amide bonds. The molecule has 3 rings (SSSR count). The van der Waals surface area contributed by atoms with Gasteiger partial charge in [0.1, 0.15) is 0 Å². The van der Waals surface area contributed by atoms with Gasteiger partial charge in [0.25, 0.3) is 0 Å². The van der Waals surface area contributed by atoms with Crippen LogP contribution in [0.1, 0.15) is 22.7 Å². The highest BCUT2D eigenvalue weighted by Crippen LogP contribution is 2.18. The summed E-state index contributed by atoms with van der Waals surface area (Å²) < 4.78 is 0. The lowest BCUT2D eigenvalue weighted by Crippen LogP contribution is -2.11. The van der Waals surface area contributed by atoms with Gasteiger partial charge in [-0.25, -0.2) is 0 Å². The number of rotatable bonds is 4. The van der Waals surface area contributed by atoms with E-state index in [9.17, 15) is 0 Å². The average molecular weight is 318 g/mol. The second kappa shape index (κ2) is 9.66. The molecule has 0 fully saturated rings. The predicted molar refractivity (Wildman–Crippen MR) is 103 cm³/mol. The van der Waals surface area contributed by atoms with Crippen LogP contribution in [0, 0.1) is 0 Å². The fourth-order valence-electron chi connectivity index (χ4n) is 2.46. The zero-order chi connectivity index (χ0) is 17.2. The standard InChI is InChI=1S/C13H13N.C9H13N/c14-13(11-7-3-1-4-8-11)12-9-5-2-6-10-12;1-10(2)8-9-6-4-3-5-7-9/h1-10,13H,14H2;3-7H,8H2,1-2H3. The number of hydrogen-bond acceptors (Lipinski definition) is 2. The predicted octanol–water partition coefficient (Wildman–Crippen LogP) is 4.48. The van der Waals surface area contributed by atoms with Crippen LogP contribution in [-0.2, 0) is 6.54 Å². The Labute approximate surface area is 145 Å². The summed E-state index contributed by atoms with van der Waals surface area (Å²) in [6.07, 6.45) is 0. The van der Waals surface area contributed by atoms with Gasteiger partial charge in [0.2, 0.25) is 0 Å². The summed E-state index contributed by atoms with van der Waals surface area (Å²) in [7, 11) is 4.15. The zero-order valence-electron chi connectivity index (χ0n) is 14.5. The van der Waals surface area contributed by atoms with Crippen LogP contribution in [0.4, 0.5) is 0 Å². The summed E-state index contributed by atoms with van der Waals surface area (Å²) in [5.41, 5.74) is 9.79. The van der Waals surface area contributed by atoms with Gasteiger partial charge < -0.3 is 10.6 Å². The topological polar surface area (TPSA) is 29.3 Å². The summed E-state index contributed by atoms with van der Waals surface area (Å²) >= 11 is 0. The Morgan fingerprint density at radius 2 is 1.04 bits per heavy atom. The molecule has 3 aromatic rings. The number of nitrogens with zero attached hydrogens (tertiary/aromatic N) is 1. The molecule has 3 aromatic carbocycles. The van der Waals surface area contributed by atoms with Crippen LogP contribution < -0.4 is 5.73 Å². The molecule has 2 nitrogen and oxygen atoms in total. The molecule has 0 radical (unpaired) electrons. The lowest BCUT2D eigenvalue weighted by atomic mass is 10.00. The zero-order valence-corrected chi connectivity index (χ0v) is 14.5.